The molecule has 1 aliphatic rings. The molecule has 1 rings (SSSR count). The van der Waals surface area contributed by atoms with E-state index >= 15 is 0 Å². The van der Waals surface area contributed by atoms with Gasteiger partial charge in [-0.25, -0.2) is 0 Å². The molecule has 0 heterocycles. The molecule has 0 nitrogen and oxygen atoms in total. The quantitative estimate of drug-likeness (QED) is 0.550. The first-order valence-corrected chi connectivity index (χ1v) is 4.48. The van der Waals surface area contributed by atoms with Gasteiger partial charge in [-0.1, -0.05) is 27.7 Å². The van der Waals surface area contributed by atoms with E-state index in [1.54, 1.807) is 0 Å². The molecule has 10 heavy (non-hydrogen) atoms. The Labute approximate surface area is 65.0 Å². The average Bonchev–Trinajstić information content (AvgIpc) is 1.56. The van der Waals surface area contributed by atoms with E-state index in [9.17, 15) is 0 Å². The standard InChI is InChI=1S/C10H19/c1-7(2)9-5-6-10(9)8(3)4/h7-9H,5-6H2,1-4H3. The minimum Gasteiger partial charge on any atom is -0.0625 e. The Morgan fingerprint density at radius 3 is 1.90 bits per heavy atom. The molecule has 0 spiro atoms. The molecule has 0 aromatic carbocycles. The minimum absolute atomic E-state index is 0.834. The molecule has 0 heteroatoms. The monoisotopic (exact) mass is 139 g/mol. The zero-order valence-corrected chi connectivity index (χ0v) is 7.65. The zero-order valence-electron chi connectivity index (χ0n) is 7.65. The second-order valence-corrected chi connectivity index (χ2v) is 4.12. The van der Waals surface area contributed by atoms with E-state index in [0.717, 1.165) is 17.8 Å². The molecule has 59 valence electrons. The van der Waals surface area contributed by atoms with Gasteiger partial charge in [0.25, 0.3) is 0 Å². The maximum Gasteiger partial charge on any atom is -0.0182 e. The second kappa shape index (κ2) is 2.94. The van der Waals surface area contributed by atoms with Crippen LogP contribution in [0.15, 0.2) is 0 Å². The van der Waals surface area contributed by atoms with Gasteiger partial charge in [-0.2, -0.15) is 0 Å². The van der Waals surface area contributed by atoms with Crippen LogP contribution in [0.5, 0.6) is 0 Å². The molecule has 0 aliphatic heterocycles. The van der Waals surface area contributed by atoms with Crippen molar-refractivity contribution in [2.45, 2.75) is 40.5 Å². The predicted octanol–water partition coefficient (Wildman–Crippen LogP) is 3.28. The van der Waals surface area contributed by atoms with E-state index in [-0.39, 0.29) is 0 Å². The van der Waals surface area contributed by atoms with Crippen LogP contribution in [0.1, 0.15) is 40.5 Å². The van der Waals surface area contributed by atoms with Gasteiger partial charge in [0.05, 0.1) is 0 Å². The van der Waals surface area contributed by atoms with Crippen molar-refractivity contribution < 1.29 is 0 Å². The van der Waals surface area contributed by atoms with E-state index < -0.39 is 0 Å². The van der Waals surface area contributed by atoms with Crippen molar-refractivity contribution in [2.24, 2.45) is 17.8 Å². The first kappa shape index (κ1) is 8.10. The summed E-state index contributed by atoms with van der Waals surface area (Å²) in [5.74, 6) is 4.49. The Balaban J connectivity index is 2.36. The third kappa shape index (κ3) is 1.36. The fourth-order valence-electron chi connectivity index (χ4n) is 1.96. The fourth-order valence-corrected chi connectivity index (χ4v) is 1.96. The fraction of sp³-hybridized carbons (Fsp3) is 0.900. The van der Waals surface area contributed by atoms with E-state index in [4.69, 9.17) is 0 Å². The van der Waals surface area contributed by atoms with Gasteiger partial charge in [-0.05, 0) is 36.5 Å². The first-order valence-electron chi connectivity index (χ1n) is 4.48. The lowest BCUT2D eigenvalue weighted by atomic mass is 9.64. The Morgan fingerprint density at radius 1 is 1.20 bits per heavy atom. The molecular formula is C10H19. The predicted molar refractivity (Wildman–Crippen MR) is 45.6 cm³/mol. The summed E-state index contributed by atoms with van der Waals surface area (Å²) >= 11 is 0. The molecule has 1 aliphatic carbocycles. The highest BCUT2D eigenvalue weighted by molar-refractivity contribution is 5.08. The summed E-state index contributed by atoms with van der Waals surface area (Å²) in [6.07, 6.45) is 2.85. The van der Waals surface area contributed by atoms with Crippen LogP contribution in [0.4, 0.5) is 0 Å². The smallest absolute Gasteiger partial charge is 0.0182 e. The van der Waals surface area contributed by atoms with Gasteiger partial charge < -0.3 is 0 Å². The van der Waals surface area contributed by atoms with E-state index in [1.165, 1.54) is 12.8 Å². The molecule has 0 N–H and O–H groups in total. The van der Waals surface area contributed by atoms with Crippen LogP contribution in [-0.4, -0.2) is 0 Å². The lowest BCUT2D eigenvalue weighted by Crippen LogP contribution is -2.31. The maximum atomic E-state index is 2.34. The highest BCUT2D eigenvalue weighted by atomic mass is 14.4. The van der Waals surface area contributed by atoms with Crippen molar-refractivity contribution in [2.75, 3.05) is 0 Å². The molecule has 1 radical (unpaired) electrons. The van der Waals surface area contributed by atoms with Crippen LogP contribution in [0.25, 0.3) is 0 Å². The van der Waals surface area contributed by atoms with Gasteiger partial charge in [0.15, 0.2) is 0 Å². The lowest BCUT2D eigenvalue weighted by molar-refractivity contribution is 0.232. The molecule has 0 aromatic rings. The van der Waals surface area contributed by atoms with Crippen LogP contribution in [-0.2, 0) is 0 Å². The molecule has 1 unspecified atom stereocenters. The van der Waals surface area contributed by atoms with Crippen molar-refractivity contribution in [1.29, 1.82) is 0 Å². The number of rotatable bonds is 2. The molecule has 0 bridgehead atoms. The molecular weight excluding hydrogens is 120 g/mol. The number of hydrogen-bond donors (Lipinski definition) is 0. The Hall–Kier alpha value is 0. The molecule has 0 aromatic heterocycles. The van der Waals surface area contributed by atoms with E-state index in [2.05, 4.69) is 27.7 Å². The third-order valence-electron chi connectivity index (χ3n) is 2.77. The van der Waals surface area contributed by atoms with E-state index in [0.29, 0.717) is 0 Å². The molecule has 0 saturated heterocycles. The van der Waals surface area contributed by atoms with Crippen molar-refractivity contribution in [1.82, 2.24) is 0 Å². The summed E-state index contributed by atoms with van der Waals surface area (Å²) < 4.78 is 0. The van der Waals surface area contributed by atoms with Crippen LogP contribution < -0.4 is 0 Å². The Bertz CT molecular complexity index is 88.6. The van der Waals surface area contributed by atoms with Crippen LogP contribution in [0.3, 0.4) is 0 Å². The van der Waals surface area contributed by atoms with Crippen molar-refractivity contribution in [3.05, 3.63) is 5.92 Å². The topological polar surface area (TPSA) is 0 Å². The minimum atomic E-state index is 0.834. The average molecular weight is 139 g/mol. The SMILES string of the molecule is CC(C)[C]1CCC1C(C)C. The highest BCUT2D eigenvalue weighted by Crippen LogP contribution is 2.45. The molecule has 0 amide bonds. The van der Waals surface area contributed by atoms with Gasteiger partial charge in [0.2, 0.25) is 0 Å². The second-order valence-electron chi connectivity index (χ2n) is 4.12. The largest absolute Gasteiger partial charge is 0.0625 e. The Kier molecular flexibility index (Phi) is 2.38. The summed E-state index contributed by atoms with van der Waals surface area (Å²) in [5.41, 5.74) is 0. The normalized spacial score (nSPS) is 27.6. The Morgan fingerprint density at radius 2 is 1.80 bits per heavy atom. The summed E-state index contributed by atoms with van der Waals surface area (Å²) in [5, 5.41) is 0. The molecule has 1 saturated carbocycles. The van der Waals surface area contributed by atoms with Crippen molar-refractivity contribution in [3.8, 4) is 0 Å². The van der Waals surface area contributed by atoms with Gasteiger partial charge in [0, 0.05) is 0 Å². The van der Waals surface area contributed by atoms with Crippen LogP contribution in [0, 0.1) is 23.7 Å². The first-order chi connectivity index (χ1) is 4.63. The maximum absolute atomic E-state index is 2.34. The van der Waals surface area contributed by atoms with Gasteiger partial charge in [-0.3, -0.25) is 0 Å². The van der Waals surface area contributed by atoms with Crippen LogP contribution >= 0.6 is 0 Å². The van der Waals surface area contributed by atoms with Gasteiger partial charge >= 0.3 is 0 Å². The summed E-state index contributed by atoms with van der Waals surface area (Å²) in [4.78, 5) is 0. The number of hydrogen-bond acceptors (Lipinski definition) is 0. The van der Waals surface area contributed by atoms with Crippen LogP contribution in [0.2, 0.25) is 0 Å². The highest BCUT2D eigenvalue weighted by Gasteiger charge is 2.35. The van der Waals surface area contributed by atoms with E-state index in [1.807, 2.05) is 5.92 Å². The third-order valence-corrected chi connectivity index (χ3v) is 2.77. The lowest BCUT2D eigenvalue weighted by Gasteiger charge is -2.41. The molecule has 1 atom stereocenters. The summed E-state index contributed by atoms with van der Waals surface area (Å²) in [7, 11) is 0. The zero-order chi connectivity index (χ0) is 7.72. The van der Waals surface area contributed by atoms with Gasteiger partial charge in [-0.15, -0.1) is 0 Å². The molecule has 1 fully saturated rings. The van der Waals surface area contributed by atoms with Crippen molar-refractivity contribution >= 4 is 0 Å². The van der Waals surface area contributed by atoms with Gasteiger partial charge in [0.1, 0.15) is 0 Å². The summed E-state index contributed by atoms with van der Waals surface area (Å²) in [6, 6.07) is 0. The van der Waals surface area contributed by atoms with Crippen molar-refractivity contribution in [3.63, 3.8) is 0 Å². The summed E-state index contributed by atoms with van der Waals surface area (Å²) in [6.45, 7) is 9.33.